The van der Waals surface area contributed by atoms with Crippen LogP contribution in [0.15, 0.2) is 41.8 Å². The maximum absolute atomic E-state index is 12.5. The third-order valence-electron chi connectivity index (χ3n) is 4.19. The Balaban J connectivity index is 1.52. The van der Waals surface area contributed by atoms with E-state index in [0.29, 0.717) is 36.9 Å². The van der Waals surface area contributed by atoms with Gasteiger partial charge in [0.15, 0.2) is 0 Å². The minimum atomic E-state index is -0.221. The topological polar surface area (TPSA) is 58.6 Å². The van der Waals surface area contributed by atoms with Crippen molar-refractivity contribution >= 4 is 23.2 Å². The van der Waals surface area contributed by atoms with E-state index in [0.717, 1.165) is 12.8 Å². The lowest BCUT2D eigenvalue weighted by atomic mass is 10.2. The number of hydrogen-bond acceptors (Lipinski definition) is 4. The summed E-state index contributed by atoms with van der Waals surface area (Å²) in [7, 11) is 1.54. The van der Waals surface area contributed by atoms with E-state index in [9.17, 15) is 9.59 Å². The predicted octanol–water partition coefficient (Wildman–Crippen LogP) is 3.07. The maximum Gasteiger partial charge on any atom is 0.255 e. The number of amides is 2. The van der Waals surface area contributed by atoms with Crippen LogP contribution in [0.4, 0.5) is 0 Å². The van der Waals surface area contributed by atoms with Crippen molar-refractivity contribution in [2.75, 3.05) is 13.7 Å². The van der Waals surface area contributed by atoms with Gasteiger partial charge in [0.2, 0.25) is 5.91 Å². The number of para-hydroxylation sites is 1. The minimum Gasteiger partial charge on any atom is -0.496 e. The monoisotopic (exact) mass is 358 g/mol. The molecule has 2 aromatic rings. The first-order valence-corrected chi connectivity index (χ1v) is 9.30. The highest BCUT2D eigenvalue weighted by Gasteiger charge is 2.32. The maximum atomic E-state index is 12.5. The van der Waals surface area contributed by atoms with Crippen LogP contribution in [0.3, 0.4) is 0 Å². The molecule has 1 aromatic heterocycles. The summed E-state index contributed by atoms with van der Waals surface area (Å²) in [6.45, 7) is 0.991. The minimum absolute atomic E-state index is 0.0937. The number of rotatable bonds is 8. The molecule has 1 N–H and O–H groups in total. The molecule has 1 aromatic carbocycles. The van der Waals surface area contributed by atoms with Gasteiger partial charge in [-0.25, -0.2) is 0 Å². The molecule has 3 rings (SSSR count). The molecule has 0 saturated heterocycles. The van der Waals surface area contributed by atoms with Crippen LogP contribution in [0.2, 0.25) is 0 Å². The van der Waals surface area contributed by atoms with Gasteiger partial charge in [0.05, 0.1) is 19.2 Å². The molecule has 0 radical (unpaired) electrons. The van der Waals surface area contributed by atoms with Crippen molar-refractivity contribution in [1.29, 1.82) is 0 Å². The molecule has 0 bridgehead atoms. The van der Waals surface area contributed by atoms with Gasteiger partial charge < -0.3 is 15.0 Å². The van der Waals surface area contributed by atoms with Crippen molar-refractivity contribution in [3.05, 3.63) is 52.2 Å². The molecule has 1 aliphatic rings. The van der Waals surface area contributed by atoms with Gasteiger partial charge in [0.25, 0.3) is 5.91 Å². The van der Waals surface area contributed by atoms with Crippen molar-refractivity contribution in [1.82, 2.24) is 10.2 Å². The van der Waals surface area contributed by atoms with E-state index in [4.69, 9.17) is 4.74 Å². The summed E-state index contributed by atoms with van der Waals surface area (Å²) in [5.41, 5.74) is 0.482. The lowest BCUT2D eigenvalue weighted by molar-refractivity contribution is -0.132. The van der Waals surface area contributed by atoms with Gasteiger partial charge >= 0.3 is 0 Å². The molecule has 6 heteroatoms. The fourth-order valence-corrected chi connectivity index (χ4v) is 3.43. The van der Waals surface area contributed by atoms with Crippen molar-refractivity contribution in [3.8, 4) is 5.75 Å². The van der Waals surface area contributed by atoms with Crippen molar-refractivity contribution in [2.24, 2.45) is 0 Å². The number of carbonyl (C=O) groups is 2. The lowest BCUT2D eigenvalue weighted by Gasteiger charge is -2.22. The van der Waals surface area contributed by atoms with E-state index in [-0.39, 0.29) is 11.8 Å². The summed E-state index contributed by atoms with van der Waals surface area (Å²) in [4.78, 5) is 27.9. The largest absolute Gasteiger partial charge is 0.496 e. The summed E-state index contributed by atoms with van der Waals surface area (Å²) >= 11 is 1.67. The molecule has 1 saturated carbocycles. The molecular weight excluding hydrogens is 336 g/mol. The first kappa shape index (κ1) is 17.5. The van der Waals surface area contributed by atoms with E-state index < -0.39 is 0 Å². The van der Waals surface area contributed by atoms with Crippen LogP contribution in [0.1, 0.15) is 34.5 Å². The number of carbonyl (C=O) groups excluding carboxylic acids is 2. The van der Waals surface area contributed by atoms with Crippen LogP contribution < -0.4 is 10.1 Å². The average molecular weight is 358 g/mol. The van der Waals surface area contributed by atoms with E-state index in [1.54, 1.807) is 29.5 Å². The van der Waals surface area contributed by atoms with Gasteiger partial charge in [0.1, 0.15) is 5.75 Å². The number of ether oxygens (including phenoxy) is 1. The molecule has 5 nitrogen and oxygen atoms in total. The van der Waals surface area contributed by atoms with Crippen molar-refractivity contribution in [3.63, 3.8) is 0 Å². The molecule has 0 spiro atoms. The van der Waals surface area contributed by atoms with Gasteiger partial charge in [0, 0.05) is 23.9 Å². The SMILES string of the molecule is COc1ccccc1C(=O)NCCC(=O)N(Cc1cccs1)C1CC1. The quantitative estimate of drug-likeness (QED) is 0.789. The van der Waals surface area contributed by atoms with E-state index >= 15 is 0 Å². The lowest BCUT2D eigenvalue weighted by Crippen LogP contribution is -2.35. The summed E-state index contributed by atoms with van der Waals surface area (Å²) in [5.74, 6) is 0.404. The molecule has 0 aliphatic heterocycles. The average Bonchev–Trinajstić information content (AvgIpc) is 3.34. The van der Waals surface area contributed by atoms with Gasteiger partial charge in [-0.3, -0.25) is 9.59 Å². The van der Waals surface area contributed by atoms with Crippen LogP contribution >= 0.6 is 11.3 Å². The molecule has 0 unspecified atom stereocenters. The number of nitrogens with zero attached hydrogens (tertiary/aromatic N) is 1. The van der Waals surface area contributed by atoms with Crippen LogP contribution in [-0.4, -0.2) is 36.4 Å². The van der Waals surface area contributed by atoms with Crippen LogP contribution in [-0.2, 0) is 11.3 Å². The zero-order valence-corrected chi connectivity index (χ0v) is 15.1. The third kappa shape index (κ3) is 4.60. The molecule has 1 fully saturated rings. The first-order chi connectivity index (χ1) is 12.2. The smallest absolute Gasteiger partial charge is 0.255 e. The zero-order valence-electron chi connectivity index (χ0n) is 14.2. The Morgan fingerprint density at radius 3 is 2.72 bits per heavy atom. The highest BCUT2D eigenvalue weighted by molar-refractivity contribution is 7.09. The highest BCUT2D eigenvalue weighted by atomic mass is 32.1. The second kappa shape index (κ2) is 8.16. The summed E-state index contributed by atoms with van der Waals surface area (Å²) in [5, 5.41) is 4.84. The Morgan fingerprint density at radius 2 is 2.04 bits per heavy atom. The van der Waals surface area contributed by atoms with E-state index in [1.807, 2.05) is 22.4 Å². The van der Waals surface area contributed by atoms with Gasteiger partial charge in [-0.15, -0.1) is 11.3 Å². The van der Waals surface area contributed by atoms with Crippen LogP contribution in [0, 0.1) is 0 Å². The zero-order chi connectivity index (χ0) is 17.6. The fourth-order valence-electron chi connectivity index (χ4n) is 2.73. The number of methoxy groups -OCH3 is 1. The second-order valence-corrected chi connectivity index (χ2v) is 7.07. The van der Waals surface area contributed by atoms with Gasteiger partial charge in [-0.2, -0.15) is 0 Å². The number of thiophene rings is 1. The highest BCUT2D eigenvalue weighted by Crippen LogP contribution is 2.29. The van der Waals surface area contributed by atoms with Crippen LogP contribution in [0.5, 0.6) is 5.75 Å². The molecular formula is C19H22N2O3S. The first-order valence-electron chi connectivity index (χ1n) is 8.42. The van der Waals surface area contributed by atoms with E-state index in [2.05, 4.69) is 11.4 Å². The van der Waals surface area contributed by atoms with Crippen molar-refractivity contribution < 1.29 is 14.3 Å². The molecule has 2 amide bonds. The third-order valence-corrected chi connectivity index (χ3v) is 5.05. The molecule has 0 atom stereocenters. The molecule has 1 heterocycles. The number of hydrogen-bond donors (Lipinski definition) is 1. The Bertz CT molecular complexity index is 726. The standard InChI is InChI=1S/C19H22N2O3S/c1-24-17-7-3-2-6-16(17)19(23)20-11-10-18(22)21(14-8-9-14)13-15-5-4-12-25-15/h2-7,12,14H,8-11,13H2,1H3,(H,20,23). The Morgan fingerprint density at radius 1 is 1.24 bits per heavy atom. The summed E-state index contributed by atoms with van der Waals surface area (Å²) in [6.07, 6.45) is 2.46. The summed E-state index contributed by atoms with van der Waals surface area (Å²) in [6, 6.07) is 11.5. The Kier molecular flexibility index (Phi) is 5.71. The second-order valence-electron chi connectivity index (χ2n) is 6.04. The van der Waals surface area contributed by atoms with Gasteiger partial charge in [-0.1, -0.05) is 18.2 Å². The molecule has 1 aliphatic carbocycles. The number of benzene rings is 1. The number of nitrogens with one attached hydrogen (secondary N) is 1. The van der Waals surface area contributed by atoms with Crippen molar-refractivity contribution in [2.45, 2.75) is 31.8 Å². The molecule has 132 valence electrons. The van der Waals surface area contributed by atoms with Crippen LogP contribution in [0.25, 0.3) is 0 Å². The van der Waals surface area contributed by atoms with E-state index in [1.165, 1.54) is 12.0 Å². The van der Waals surface area contributed by atoms with Gasteiger partial charge in [-0.05, 0) is 36.4 Å². The molecule has 25 heavy (non-hydrogen) atoms. The fraction of sp³-hybridized carbons (Fsp3) is 0.368. The summed E-state index contributed by atoms with van der Waals surface area (Å²) < 4.78 is 5.20. The normalized spacial score (nSPS) is 13.3. The predicted molar refractivity (Wildman–Crippen MR) is 97.8 cm³/mol. The Hall–Kier alpha value is -2.34. The Labute approximate surface area is 151 Å².